The Balaban J connectivity index is 2.41. The molecule has 0 amide bonds. The van der Waals surface area contributed by atoms with E-state index in [2.05, 4.69) is 21.0 Å². The summed E-state index contributed by atoms with van der Waals surface area (Å²) in [6.45, 7) is 4.56. The maximum Gasteiger partial charge on any atom is 0.184 e. The summed E-state index contributed by atoms with van der Waals surface area (Å²) in [6, 6.07) is 6.25. The van der Waals surface area contributed by atoms with Gasteiger partial charge >= 0.3 is 0 Å². The molecule has 0 atom stereocenters. The van der Waals surface area contributed by atoms with Crippen LogP contribution in [0.25, 0.3) is 0 Å². The summed E-state index contributed by atoms with van der Waals surface area (Å²) in [5.41, 5.74) is 7.70. The third-order valence-electron chi connectivity index (χ3n) is 3.26. The maximum atomic E-state index is 12.5. The first-order valence-electron chi connectivity index (χ1n) is 6.71. The Kier molecular flexibility index (Phi) is 4.73. The predicted molar refractivity (Wildman–Crippen MR) is 86.7 cm³/mol. The van der Waals surface area contributed by atoms with E-state index in [1.165, 1.54) is 12.1 Å². The largest absolute Gasteiger partial charge is 0.399 e. The predicted octanol–water partition coefficient (Wildman–Crippen LogP) is 2.78. The minimum atomic E-state index is -3.43. The summed E-state index contributed by atoms with van der Waals surface area (Å²) in [6.07, 6.45) is 0.752. The Labute approximate surface area is 133 Å². The van der Waals surface area contributed by atoms with Crippen molar-refractivity contribution in [2.24, 2.45) is 0 Å². The van der Waals surface area contributed by atoms with Crippen LogP contribution in [0.4, 0.5) is 5.69 Å². The molecule has 0 fully saturated rings. The first-order chi connectivity index (χ1) is 9.89. The molecule has 0 aliphatic rings. The SMILES string of the molecule is CCc1nn(CC)c(CS(=O)(=O)c2ccc(N)cc2)c1Br. The van der Waals surface area contributed by atoms with Crippen LogP contribution in [-0.4, -0.2) is 18.2 Å². The number of aryl methyl sites for hydroxylation is 2. The highest BCUT2D eigenvalue weighted by molar-refractivity contribution is 9.10. The number of nitrogens with two attached hydrogens (primary N) is 1. The van der Waals surface area contributed by atoms with Gasteiger partial charge in [-0.05, 0) is 53.5 Å². The van der Waals surface area contributed by atoms with E-state index >= 15 is 0 Å². The molecule has 0 spiro atoms. The van der Waals surface area contributed by atoms with E-state index in [9.17, 15) is 8.42 Å². The summed E-state index contributed by atoms with van der Waals surface area (Å²) in [5.74, 6) is -0.0850. The molecular weight excluding hydrogens is 354 g/mol. The number of benzene rings is 1. The van der Waals surface area contributed by atoms with Gasteiger partial charge < -0.3 is 5.73 Å². The van der Waals surface area contributed by atoms with Crippen LogP contribution in [0, 0.1) is 0 Å². The summed E-state index contributed by atoms with van der Waals surface area (Å²) < 4.78 is 27.6. The minimum absolute atomic E-state index is 0.0850. The van der Waals surface area contributed by atoms with Gasteiger partial charge in [0.1, 0.15) is 0 Å². The van der Waals surface area contributed by atoms with E-state index in [0.717, 1.165) is 16.6 Å². The second-order valence-electron chi connectivity index (χ2n) is 4.70. The van der Waals surface area contributed by atoms with Gasteiger partial charge in [0, 0.05) is 12.2 Å². The van der Waals surface area contributed by atoms with Crippen LogP contribution in [0.1, 0.15) is 25.2 Å². The molecule has 5 nitrogen and oxygen atoms in total. The quantitative estimate of drug-likeness (QED) is 0.819. The van der Waals surface area contributed by atoms with E-state index in [1.54, 1.807) is 16.8 Å². The van der Waals surface area contributed by atoms with Crippen molar-refractivity contribution in [2.75, 3.05) is 5.73 Å². The van der Waals surface area contributed by atoms with Crippen molar-refractivity contribution in [3.63, 3.8) is 0 Å². The van der Waals surface area contributed by atoms with Crippen LogP contribution in [0.15, 0.2) is 33.6 Å². The molecule has 0 saturated carbocycles. The number of nitrogen functional groups attached to an aromatic ring is 1. The van der Waals surface area contributed by atoms with Crippen LogP contribution in [0.5, 0.6) is 0 Å². The van der Waals surface area contributed by atoms with E-state index in [-0.39, 0.29) is 10.6 Å². The molecule has 0 aliphatic carbocycles. The molecule has 0 unspecified atom stereocenters. The van der Waals surface area contributed by atoms with Gasteiger partial charge in [0.2, 0.25) is 0 Å². The van der Waals surface area contributed by atoms with E-state index < -0.39 is 9.84 Å². The van der Waals surface area contributed by atoms with E-state index in [0.29, 0.717) is 17.9 Å². The fraction of sp³-hybridized carbons (Fsp3) is 0.357. The van der Waals surface area contributed by atoms with Crippen molar-refractivity contribution in [1.29, 1.82) is 0 Å². The number of rotatable bonds is 5. The van der Waals surface area contributed by atoms with Gasteiger partial charge in [-0.3, -0.25) is 4.68 Å². The monoisotopic (exact) mass is 371 g/mol. The maximum absolute atomic E-state index is 12.5. The normalized spacial score (nSPS) is 11.8. The van der Waals surface area contributed by atoms with Gasteiger partial charge in [-0.15, -0.1) is 0 Å². The lowest BCUT2D eigenvalue weighted by Gasteiger charge is -2.07. The molecule has 0 saturated heterocycles. The molecule has 21 heavy (non-hydrogen) atoms. The van der Waals surface area contributed by atoms with Crippen LogP contribution in [0.3, 0.4) is 0 Å². The molecule has 1 aromatic heterocycles. The van der Waals surface area contributed by atoms with Crippen LogP contribution in [0.2, 0.25) is 0 Å². The zero-order valence-electron chi connectivity index (χ0n) is 12.0. The Bertz CT molecular complexity index is 736. The highest BCUT2D eigenvalue weighted by atomic mass is 79.9. The molecular formula is C14H18BrN3O2S. The van der Waals surface area contributed by atoms with Gasteiger partial charge in [0.25, 0.3) is 0 Å². The molecule has 0 aliphatic heterocycles. The molecule has 2 rings (SSSR count). The molecule has 114 valence electrons. The van der Waals surface area contributed by atoms with Gasteiger partial charge in [0.05, 0.1) is 26.5 Å². The molecule has 1 heterocycles. The lowest BCUT2D eigenvalue weighted by Crippen LogP contribution is -2.11. The number of halogens is 1. The summed E-state index contributed by atoms with van der Waals surface area (Å²) in [5, 5.41) is 4.42. The molecule has 2 aromatic rings. The highest BCUT2D eigenvalue weighted by Gasteiger charge is 2.22. The van der Waals surface area contributed by atoms with Crippen molar-refractivity contribution in [2.45, 2.75) is 37.5 Å². The molecule has 2 N–H and O–H groups in total. The van der Waals surface area contributed by atoms with Crippen molar-refractivity contribution in [3.05, 3.63) is 40.1 Å². The number of aromatic nitrogens is 2. The zero-order valence-corrected chi connectivity index (χ0v) is 14.4. The average molecular weight is 372 g/mol. The fourth-order valence-corrected chi connectivity index (χ4v) is 4.35. The van der Waals surface area contributed by atoms with Crippen LogP contribution >= 0.6 is 15.9 Å². The minimum Gasteiger partial charge on any atom is -0.399 e. The van der Waals surface area contributed by atoms with Crippen molar-refractivity contribution in [3.8, 4) is 0 Å². The lowest BCUT2D eigenvalue weighted by atomic mass is 10.3. The van der Waals surface area contributed by atoms with Crippen molar-refractivity contribution >= 4 is 31.5 Å². The summed E-state index contributed by atoms with van der Waals surface area (Å²) in [7, 11) is -3.43. The Hall–Kier alpha value is -1.34. The Morgan fingerprint density at radius 2 is 1.86 bits per heavy atom. The molecule has 0 bridgehead atoms. The number of nitrogens with zero attached hydrogens (tertiary/aromatic N) is 2. The summed E-state index contributed by atoms with van der Waals surface area (Å²) in [4.78, 5) is 0.269. The number of anilines is 1. The van der Waals surface area contributed by atoms with E-state index in [1.807, 2.05) is 13.8 Å². The Morgan fingerprint density at radius 3 is 2.38 bits per heavy atom. The second-order valence-corrected chi connectivity index (χ2v) is 7.49. The van der Waals surface area contributed by atoms with E-state index in [4.69, 9.17) is 5.73 Å². The van der Waals surface area contributed by atoms with Gasteiger partial charge in [-0.2, -0.15) is 5.10 Å². The first-order valence-corrected chi connectivity index (χ1v) is 9.16. The first kappa shape index (κ1) is 16.0. The lowest BCUT2D eigenvalue weighted by molar-refractivity contribution is 0.585. The van der Waals surface area contributed by atoms with Gasteiger partial charge in [0.15, 0.2) is 9.84 Å². The van der Waals surface area contributed by atoms with Gasteiger partial charge in [-0.1, -0.05) is 6.92 Å². The number of hydrogen-bond donors (Lipinski definition) is 1. The number of hydrogen-bond acceptors (Lipinski definition) is 4. The smallest absolute Gasteiger partial charge is 0.184 e. The third-order valence-corrected chi connectivity index (χ3v) is 5.82. The number of sulfone groups is 1. The summed E-state index contributed by atoms with van der Waals surface area (Å²) >= 11 is 3.47. The topological polar surface area (TPSA) is 78.0 Å². The van der Waals surface area contributed by atoms with Crippen LogP contribution in [-0.2, 0) is 28.6 Å². The standard InChI is InChI=1S/C14H18BrN3O2S/c1-3-12-14(15)13(18(4-2)17-12)9-21(19,20)11-7-5-10(16)6-8-11/h5-8H,3-4,9,16H2,1-2H3. The van der Waals surface area contributed by atoms with Gasteiger partial charge in [-0.25, -0.2) is 8.42 Å². The average Bonchev–Trinajstić information content (AvgIpc) is 2.75. The fourth-order valence-electron chi connectivity index (χ4n) is 2.09. The molecule has 7 heteroatoms. The van der Waals surface area contributed by atoms with Crippen molar-refractivity contribution < 1.29 is 8.42 Å². The second kappa shape index (κ2) is 6.19. The highest BCUT2D eigenvalue weighted by Crippen LogP contribution is 2.26. The third kappa shape index (κ3) is 3.29. The van der Waals surface area contributed by atoms with Crippen molar-refractivity contribution in [1.82, 2.24) is 9.78 Å². The molecule has 0 radical (unpaired) electrons. The zero-order chi connectivity index (χ0) is 15.6. The molecule has 1 aromatic carbocycles. The Morgan fingerprint density at radius 1 is 1.24 bits per heavy atom. The van der Waals surface area contributed by atoms with Crippen LogP contribution < -0.4 is 5.73 Å².